The Kier molecular flexibility index (Phi) is 6.98. The Morgan fingerprint density at radius 1 is 1.25 bits per heavy atom. The summed E-state index contributed by atoms with van der Waals surface area (Å²) in [5.74, 6) is -1.25. The maximum Gasteiger partial charge on any atom is 0.416 e. The fourth-order valence-electron chi connectivity index (χ4n) is 4.25. The summed E-state index contributed by atoms with van der Waals surface area (Å²) in [6.07, 6.45) is 4.11. The molecule has 8 heteroatoms. The lowest BCUT2D eigenvalue weighted by molar-refractivity contribution is -0.124. The van der Waals surface area contributed by atoms with Crippen LogP contribution < -0.4 is 5.32 Å². The van der Waals surface area contributed by atoms with Gasteiger partial charge in [0.25, 0.3) is 0 Å². The zero-order valence-corrected chi connectivity index (χ0v) is 18.6. The molecule has 3 N–H and O–H groups in total. The van der Waals surface area contributed by atoms with E-state index in [2.05, 4.69) is 11.9 Å². The number of halogens is 4. The molecular weight excluding hydrogens is 443 g/mol. The molecular formula is C24H27ClF3NO3. The Hall–Kier alpha value is -2.41. The Balaban J connectivity index is 1.86. The summed E-state index contributed by atoms with van der Waals surface area (Å²) in [5.41, 5.74) is 0.00328. The number of aliphatic hydroxyl groups excluding tert-OH is 2. The molecule has 0 aromatic heterocycles. The fourth-order valence-corrected chi connectivity index (χ4v) is 4.56. The molecule has 0 aromatic carbocycles. The molecule has 1 unspecified atom stereocenters. The molecule has 0 spiro atoms. The van der Waals surface area contributed by atoms with Crippen molar-refractivity contribution in [3.8, 4) is 0 Å². The van der Waals surface area contributed by atoms with Crippen molar-refractivity contribution in [3.05, 3.63) is 70.4 Å². The molecule has 0 aliphatic heterocycles. The summed E-state index contributed by atoms with van der Waals surface area (Å²) in [4.78, 5) is 12.9. The number of allylic oxidation sites excluding steroid dienone is 8. The highest BCUT2D eigenvalue weighted by Crippen LogP contribution is 2.52. The van der Waals surface area contributed by atoms with Crippen molar-refractivity contribution in [2.24, 2.45) is 5.41 Å². The van der Waals surface area contributed by atoms with Gasteiger partial charge in [0.05, 0.1) is 16.4 Å². The standard InChI is InChI=1S/C24H27ClF3NO3/c1-3-20(30)21(31)11-14(2)23(9-10-23)22(32)29-17-7-8-18(19(13-17)24(26,27)28)15-5-4-6-16(25)12-15/h3,11-13,16,30-31H,1,4-10H2,2H3,(H,29,32)/b14-11+,21-20-. The van der Waals surface area contributed by atoms with Crippen LogP contribution >= 0.6 is 11.6 Å². The second kappa shape index (κ2) is 9.22. The van der Waals surface area contributed by atoms with Crippen LogP contribution in [-0.4, -0.2) is 27.7 Å². The van der Waals surface area contributed by atoms with E-state index in [1.807, 2.05) is 0 Å². The lowest BCUT2D eigenvalue weighted by atomic mass is 9.84. The highest BCUT2D eigenvalue weighted by molar-refractivity contribution is 6.21. The number of hydrogen-bond acceptors (Lipinski definition) is 3. The van der Waals surface area contributed by atoms with E-state index in [4.69, 9.17) is 11.6 Å². The van der Waals surface area contributed by atoms with Gasteiger partial charge in [0, 0.05) is 5.70 Å². The number of alkyl halides is 4. The summed E-state index contributed by atoms with van der Waals surface area (Å²) in [7, 11) is 0. The van der Waals surface area contributed by atoms with E-state index in [9.17, 15) is 28.2 Å². The third-order valence-electron chi connectivity index (χ3n) is 6.31. The molecule has 0 bridgehead atoms. The van der Waals surface area contributed by atoms with Crippen molar-refractivity contribution in [2.75, 3.05) is 0 Å². The first-order valence-corrected chi connectivity index (χ1v) is 11.0. The van der Waals surface area contributed by atoms with Crippen molar-refractivity contribution in [1.82, 2.24) is 5.32 Å². The number of carbonyl (C=O) groups excluding carboxylic acids is 1. The SMILES string of the molecule is C=C/C(O)=C(O)\C=C(/C)C1(C(=O)NC2=CC(C(F)(F)F)=C(C3=CC(Cl)CCC3)CC2)CC1. The van der Waals surface area contributed by atoms with Crippen LogP contribution in [0.15, 0.2) is 70.4 Å². The van der Waals surface area contributed by atoms with Gasteiger partial charge in [-0.1, -0.05) is 18.2 Å². The molecule has 1 saturated carbocycles. The average molecular weight is 470 g/mol. The monoisotopic (exact) mass is 469 g/mol. The number of aliphatic hydroxyl groups is 2. The lowest BCUT2D eigenvalue weighted by Gasteiger charge is -2.27. The molecule has 3 rings (SSSR count). The molecule has 0 radical (unpaired) electrons. The number of carbonyl (C=O) groups is 1. The van der Waals surface area contributed by atoms with Crippen molar-refractivity contribution in [3.63, 3.8) is 0 Å². The number of nitrogens with one attached hydrogen (secondary N) is 1. The zero-order valence-electron chi connectivity index (χ0n) is 17.9. The second-order valence-corrected chi connectivity index (χ2v) is 9.06. The van der Waals surface area contributed by atoms with Gasteiger partial charge >= 0.3 is 6.18 Å². The predicted molar refractivity (Wildman–Crippen MR) is 118 cm³/mol. The minimum atomic E-state index is -4.54. The number of amides is 1. The summed E-state index contributed by atoms with van der Waals surface area (Å²) in [6, 6.07) is 0. The van der Waals surface area contributed by atoms with Gasteiger partial charge in [0.1, 0.15) is 0 Å². The Morgan fingerprint density at radius 3 is 2.50 bits per heavy atom. The normalized spacial score (nSPS) is 24.3. The van der Waals surface area contributed by atoms with Crippen LogP contribution in [0.1, 0.15) is 51.9 Å². The summed E-state index contributed by atoms with van der Waals surface area (Å²) < 4.78 is 41.5. The lowest BCUT2D eigenvalue weighted by Crippen LogP contribution is -2.33. The highest BCUT2D eigenvalue weighted by Gasteiger charge is 2.51. The maximum absolute atomic E-state index is 13.8. The van der Waals surface area contributed by atoms with Gasteiger partial charge in [0.2, 0.25) is 5.91 Å². The molecule has 4 nitrogen and oxygen atoms in total. The molecule has 174 valence electrons. The zero-order chi connectivity index (χ0) is 23.7. The highest BCUT2D eigenvalue weighted by atomic mass is 35.5. The third-order valence-corrected chi connectivity index (χ3v) is 6.66. The van der Waals surface area contributed by atoms with E-state index in [0.29, 0.717) is 30.4 Å². The van der Waals surface area contributed by atoms with Crippen LogP contribution in [0.3, 0.4) is 0 Å². The molecule has 0 heterocycles. The average Bonchev–Trinajstić information content (AvgIpc) is 3.54. The first kappa shape index (κ1) is 24.2. The largest absolute Gasteiger partial charge is 0.504 e. The smallest absolute Gasteiger partial charge is 0.416 e. The van der Waals surface area contributed by atoms with Crippen LogP contribution in [0.25, 0.3) is 0 Å². The molecule has 0 saturated heterocycles. The van der Waals surface area contributed by atoms with E-state index in [1.54, 1.807) is 13.0 Å². The van der Waals surface area contributed by atoms with Gasteiger partial charge in [-0.2, -0.15) is 13.2 Å². The molecule has 1 atom stereocenters. The van der Waals surface area contributed by atoms with E-state index in [1.165, 1.54) is 6.08 Å². The molecule has 1 amide bonds. The molecule has 3 aliphatic rings. The Labute approximate surface area is 190 Å². The Bertz CT molecular complexity index is 965. The Morgan fingerprint density at radius 2 is 1.94 bits per heavy atom. The molecule has 1 fully saturated rings. The minimum absolute atomic E-state index is 0.176. The maximum atomic E-state index is 13.8. The first-order chi connectivity index (χ1) is 15.0. The second-order valence-electron chi connectivity index (χ2n) is 8.50. The number of rotatable bonds is 6. The van der Waals surface area contributed by atoms with Gasteiger partial charge in [-0.3, -0.25) is 4.79 Å². The van der Waals surface area contributed by atoms with Gasteiger partial charge in [-0.05, 0) is 81.2 Å². The topological polar surface area (TPSA) is 69.6 Å². The van der Waals surface area contributed by atoms with Crippen molar-refractivity contribution < 1.29 is 28.2 Å². The van der Waals surface area contributed by atoms with Gasteiger partial charge in [-0.15, -0.1) is 11.6 Å². The van der Waals surface area contributed by atoms with Crippen LogP contribution in [0.5, 0.6) is 0 Å². The van der Waals surface area contributed by atoms with Crippen molar-refractivity contribution in [1.29, 1.82) is 0 Å². The van der Waals surface area contributed by atoms with Crippen LogP contribution in [0.2, 0.25) is 0 Å². The van der Waals surface area contributed by atoms with Crippen molar-refractivity contribution >= 4 is 17.5 Å². The van der Waals surface area contributed by atoms with Gasteiger partial charge in [0.15, 0.2) is 11.5 Å². The quantitative estimate of drug-likeness (QED) is 0.233. The van der Waals surface area contributed by atoms with Crippen LogP contribution in [0.4, 0.5) is 13.2 Å². The summed E-state index contributed by atoms with van der Waals surface area (Å²) in [6.45, 7) is 5.00. The molecule has 32 heavy (non-hydrogen) atoms. The van der Waals surface area contributed by atoms with Crippen molar-refractivity contribution in [2.45, 2.75) is 63.4 Å². The first-order valence-electron chi connectivity index (χ1n) is 10.6. The summed E-state index contributed by atoms with van der Waals surface area (Å²) in [5, 5.41) is 21.8. The van der Waals surface area contributed by atoms with E-state index < -0.39 is 34.6 Å². The fraction of sp³-hybridized carbons (Fsp3) is 0.458. The molecule has 3 aliphatic carbocycles. The third kappa shape index (κ3) is 5.14. The summed E-state index contributed by atoms with van der Waals surface area (Å²) >= 11 is 6.14. The van der Waals surface area contributed by atoms with E-state index in [-0.39, 0.29) is 29.5 Å². The van der Waals surface area contributed by atoms with E-state index in [0.717, 1.165) is 25.0 Å². The van der Waals surface area contributed by atoms with E-state index >= 15 is 0 Å². The van der Waals surface area contributed by atoms with Gasteiger partial charge < -0.3 is 15.5 Å². The number of hydrogen-bond donors (Lipinski definition) is 3. The predicted octanol–water partition coefficient (Wildman–Crippen LogP) is 6.60. The van der Waals surface area contributed by atoms with Crippen LogP contribution in [0, 0.1) is 5.41 Å². The minimum Gasteiger partial charge on any atom is -0.504 e. The van der Waals surface area contributed by atoms with Gasteiger partial charge in [-0.25, -0.2) is 0 Å². The van der Waals surface area contributed by atoms with Crippen LogP contribution in [-0.2, 0) is 4.79 Å². The molecule has 0 aromatic rings.